The highest BCUT2D eigenvalue weighted by atomic mass is 16.5. The van der Waals surface area contributed by atoms with Crippen LogP contribution in [-0.4, -0.2) is 40.8 Å². The monoisotopic (exact) mass is 327 g/mol. The molecular weight excluding hydrogens is 302 g/mol. The summed E-state index contributed by atoms with van der Waals surface area (Å²) in [6.07, 6.45) is 7.68. The molecular formula is C19H25N3O2. The number of aromatic nitrogens is 2. The topological polar surface area (TPSA) is 47.4 Å². The maximum atomic E-state index is 12.0. The zero-order chi connectivity index (χ0) is 16.9. The molecule has 5 nitrogen and oxygen atoms in total. The van der Waals surface area contributed by atoms with Gasteiger partial charge in [-0.05, 0) is 42.9 Å². The van der Waals surface area contributed by atoms with Crippen molar-refractivity contribution in [3.63, 3.8) is 0 Å². The summed E-state index contributed by atoms with van der Waals surface area (Å²) < 4.78 is 7.52. The van der Waals surface area contributed by atoms with Gasteiger partial charge in [-0.15, -0.1) is 0 Å². The first-order chi connectivity index (χ1) is 11.6. The van der Waals surface area contributed by atoms with Crippen molar-refractivity contribution in [1.82, 2.24) is 14.7 Å². The molecule has 1 aliphatic carbocycles. The lowest BCUT2D eigenvalue weighted by Crippen LogP contribution is -2.28. The lowest BCUT2D eigenvalue weighted by molar-refractivity contribution is -0.130. The summed E-state index contributed by atoms with van der Waals surface area (Å²) in [5.74, 6) is 1.80. The average Bonchev–Trinajstić information content (AvgIpc) is 3.29. The largest absolute Gasteiger partial charge is 0.494 e. The van der Waals surface area contributed by atoms with E-state index in [1.807, 2.05) is 55.7 Å². The second kappa shape index (κ2) is 7.51. The minimum atomic E-state index is 0.220. The van der Waals surface area contributed by atoms with E-state index in [0.29, 0.717) is 13.0 Å². The van der Waals surface area contributed by atoms with E-state index < -0.39 is 0 Å². The first kappa shape index (κ1) is 16.6. The van der Waals surface area contributed by atoms with Crippen molar-refractivity contribution in [2.75, 3.05) is 20.2 Å². The van der Waals surface area contributed by atoms with Crippen LogP contribution in [0.25, 0.3) is 11.1 Å². The van der Waals surface area contributed by atoms with Crippen LogP contribution in [0.3, 0.4) is 0 Å². The van der Waals surface area contributed by atoms with Crippen molar-refractivity contribution < 1.29 is 9.53 Å². The fraction of sp³-hybridized carbons (Fsp3) is 0.474. The average molecular weight is 327 g/mol. The van der Waals surface area contributed by atoms with Crippen molar-refractivity contribution in [1.29, 1.82) is 0 Å². The molecule has 3 rings (SSSR count). The van der Waals surface area contributed by atoms with Gasteiger partial charge in [0.25, 0.3) is 0 Å². The van der Waals surface area contributed by atoms with Gasteiger partial charge in [0.05, 0.1) is 12.8 Å². The summed E-state index contributed by atoms with van der Waals surface area (Å²) in [6.45, 7) is 1.48. The highest BCUT2D eigenvalue weighted by Crippen LogP contribution is 2.29. The van der Waals surface area contributed by atoms with Crippen LogP contribution < -0.4 is 4.74 Å². The van der Waals surface area contributed by atoms with E-state index in [2.05, 4.69) is 5.10 Å². The van der Waals surface area contributed by atoms with Gasteiger partial charge in [-0.3, -0.25) is 9.48 Å². The van der Waals surface area contributed by atoms with Crippen molar-refractivity contribution in [3.05, 3.63) is 36.7 Å². The third-order valence-electron chi connectivity index (χ3n) is 4.35. The second-order valence-corrected chi connectivity index (χ2v) is 6.60. The first-order valence-electron chi connectivity index (χ1n) is 8.57. The second-order valence-electron chi connectivity index (χ2n) is 6.60. The molecule has 1 aromatic heterocycles. The van der Waals surface area contributed by atoms with E-state index in [4.69, 9.17) is 4.74 Å². The zero-order valence-electron chi connectivity index (χ0n) is 14.4. The molecule has 0 spiro atoms. The third-order valence-corrected chi connectivity index (χ3v) is 4.35. The summed E-state index contributed by atoms with van der Waals surface area (Å²) in [7, 11) is 3.81. The Morgan fingerprint density at radius 3 is 2.67 bits per heavy atom. The van der Waals surface area contributed by atoms with E-state index in [1.54, 1.807) is 4.68 Å². The van der Waals surface area contributed by atoms with E-state index in [0.717, 1.165) is 35.8 Å². The fourth-order valence-electron chi connectivity index (χ4n) is 2.71. The van der Waals surface area contributed by atoms with Crippen LogP contribution >= 0.6 is 0 Å². The molecule has 1 heterocycles. The van der Waals surface area contributed by atoms with Crippen LogP contribution in [0, 0.1) is 5.92 Å². The van der Waals surface area contributed by atoms with Gasteiger partial charge in [0.15, 0.2) is 0 Å². The molecule has 0 N–H and O–H groups in total. The molecule has 2 aromatic rings. The molecule has 0 saturated heterocycles. The smallest absolute Gasteiger partial charge is 0.222 e. The maximum Gasteiger partial charge on any atom is 0.222 e. The number of hydrogen-bond donors (Lipinski definition) is 0. The fourth-order valence-corrected chi connectivity index (χ4v) is 2.71. The number of rotatable bonds is 8. The third kappa shape index (κ3) is 4.60. The molecule has 1 saturated carbocycles. The highest BCUT2D eigenvalue weighted by Gasteiger charge is 2.24. The molecule has 1 aliphatic rings. The highest BCUT2D eigenvalue weighted by molar-refractivity contribution is 5.75. The molecule has 0 unspecified atom stereocenters. The Bertz CT molecular complexity index is 674. The Kier molecular flexibility index (Phi) is 5.18. The van der Waals surface area contributed by atoms with Gasteiger partial charge in [0.1, 0.15) is 5.75 Å². The minimum Gasteiger partial charge on any atom is -0.494 e. The predicted molar refractivity (Wildman–Crippen MR) is 93.7 cm³/mol. The van der Waals surface area contributed by atoms with Crippen LogP contribution in [0.1, 0.15) is 25.7 Å². The Hall–Kier alpha value is -2.30. The number of amides is 1. The molecule has 1 fully saturated rings. The van der Waals surface area contributed by atoms with Crippen molar-refractivity contribution in [2.24, 2.45) is 13.0 Å². The minimum absolute atomic E-state index is 0.220. The van der Waals surface area contributed by atoms with Gasteiger partial charge in [-0.25, -0.2) is 0 Å². The van der Waals surface area contributed by atoms with E-state index >= 15 is 0 Å². The zero-order valence-corrected chi connectivity index (χ0v) is 14.4. The molecule has 0 aliphatic heterocycles. The molecule has 128 valence electrons. The summed E-state index contributed by atoms with van der Waals surface area (Å²) >= 11 is 0. The van der Waals surface area contributed by atoms with Gasteiger partial charge in [0.2, 0.25) is 5.91 Å². The van der Waals surface area contributed by atoms with E-state index in [-0.39, 0.29) is 5.91 Å². The number of aryl methyl sites for hydroxylation is 1. The summed E-state index contributed by atoms with van der Waals surface area (Å²) in [6, 6.07) is 7.98. The summed E-state index contributed by atoms with van der Waals surface area (Å²) in [5, 5.41) is 4.18. The maximum absolute atomic E-state index is 12.0. The quantitative estimate of drug-likeness (QED) is 0.700. The van der Waals surface area contributed by atoms with E-state index in [1.165, 1.54) is 12.8 Å². The van der Waals surface area contributed by atoms with Gasteiger partial charge in [0, 0.05) is 38.8 Å². The number of benzene rings is 1. The van der Waals surface area contributed by atoms with Gasteiger partial charge >= 0.3 is 0 Å². The molecule has 0 atom stereocenters. The van der Waals surface area contributed by atoms with Gasteiger partial charge < -0.3 is 9.64 Å². The number of ether oxygens (including phenoxy) is 1. The van der Waals surface area contributed by atoms with Gasteiger partial charge in [-0.1, -0.05) is 12.1 Å². The van der Waals surface area contributed by atoms with Crippen molar-refractivity contribution in [2.45, 2.75) is 25.7 Å². The number of carbonyl (C=O) groups excluding carboxylic acids is 1. The molecule has 0 radical (unpaired) electrons. The van der Waals surface area contributed by atoms with E-state index in [9.17, 15) is 4.79 Å². The Morgan fingerprint density at radius 1 is 1.29 bits per heavy atom. The summed E-state index contributed by atoms with van der Waals surface area (Å²) in [5.41, 5.74) is 2.21. The molecule has 0 bridgehead atoms. The van der Waals surface area contributed by atoms with Gasteiger partial charge in [-0.2, -0.15) is 5.10 Å². The van der Waals surface area contributed by atoms with Crippen molar-refractivity contribution >= 4 is 5.91 Å². The standard InChI is InChI=1S/C19H25N3O2/c1-21(13-15-5-6-15)19(23)4-3-11-24-18-9-7-16(8-10-18)17-12-20-22(2)14-17/h7-10,12,14-15H,3-6,11,13H2,1-2H3. The molecule has 1 aromatic carbocycles. The lowest BCUT2D eigenvalue weighted by atomic mass is 10.1. The van der Waals surface area contributed by atoms with Crippen LogP contribution in [0.15, 0.2) is 36.7 Å². The van der Waals surface area contributed by atoms with Crippen LogP contribution in [-0.2, 0) is 11.8 Å². The Labute approximate surface area is 143 Å². The Morgan fingerprint density at radius 2 is 2.04 bits per heavy atom. The number of nitrogens with zero attached hydrogens (tertiary/aromatic N) is 3. The number of carbonyl (C=O) groups is 1. The van der Waals surface area contributed by atoms with Crippen LogP contribution in [0.5, 0.6) is 5.75 Å². The normalized spacial score (nSPS) is 13.8. The molecule has 1 amide bonds. The lowest BCUT2D eigenvalue weighted by Gasteiger charge is -2.16. The number of hydrogen-bond acceptors (Lipinski definition) is 3. The summed E-state index contributed by atoms with van der Waals surface area (Å²) in [4.78, 5) is 13.8. The predicted octanol–water partition coefficient (Wildman–Crippen LogP) is 3.11. The first-order valence-corrected chi connectivity index (χ1v) is 8.57. The molecule has 24 heavy (non-hydrogen) atoms. The van der Waals surface area contributed by atoms with Crippen LogP contribution in [0.2, 0.25) is 0 Å². The van der Waals surface area contributed by atoms with Crippen LogP contribution in [0.4, 0.5) is 0 Å². The molecule has 5 heteroatoms. The Balaban J connectivity index is 1.39. The SMILES string of the molecule is CN(CC1CC1)C(=O)CCCOc1ccc(-c2cnn(C)c2)cc1. The van der Waals surface area contributed by atoms with Crippen molar-refractivity contribution in [3.8, 4) is 16.9 Å².